The van der Waals surface area contributed by atoms with Gasteiger partial charge in [0.1, 0.15) is 0 Å². The van der Waals surface area contributed by atoms with Crippen molar-refractivity contribution in [1.82, 2.24) is 10.2 Å². The van der Waals surface area contributed by atoms with E-state index in [2.05, 4.69) is 21.6 Å². The van der Waals surface area contributed by atoms with E-state index >= 15 is 0 Å². The molecule has 5 rings (SSSR count). The standard InChI is InChI=1S/C31H31N5O5S/c32-19-20-6-8-22(9-7-20)31(41)36-14-12-35(13-15-36)26-11-10-23(17-24(26)33-29(39)21-3-1-4-21)30(40)34-25(18-28(37)38)27-5-2-16-42-27/h2,5-11,16-17,21,25H,1,3-4,12-15,18H2,(H,33,39)(H,34,40)(H,37,38). The number of rotatable bonds is 9. The molecule has 11 heteroatoms. The lowest BCUT2D eigenvalue weighted by Gasteiger charge is -2.37. The fourth-order valence-corrected chi connectivity index (χ4v) is 5.89. The molecule has 0 spiro atoms. The van der Waals surface area contributed by atoms with Crippen molar-refractivity contribution < 1.29 is 24.3 Å². The summed E-state index contributed by atoms with van der Waals surface area (Å²) >= 11 is 1.37. The molecule has 1 unspecified atom stereocenters. The first-order valence-electron chi connectivity index (χ1n) is 13.9. The van der Waals surface area contributed by atoms with E-state index in [9.17, 15) is 24.3 Å². The number of anilines is 2. The van der Waals surface area contributed by atoms with Crippen molar-refractivity contribution in [2.45, 2.75) is 31.7 Å². The van der Waals surface area contributed by atoms with Gasteiger partial charge in [-0.05, 0) is 66.8 Å². The number of hydrogen-bond acceptors (Lipinski definition) is 7. The van der Waals surface area contributed by atoms with Crippen molar-refractivity contribution in [1.29, 1.82) is 5.26 Å². The third-order valence-corrected chi connectivity index (χ3v) is 8.72. The summed E-state index contributed by atoms with van der Waals surface area (Å²) in [5.74, 6) is -1.70. The van der Waals surface area contributed by atoms with Crippen molar-refractivity contribution in [3.8, 4) is 6.07 Å². The predicted molar refractivity (Wildman–Crippen MR) is 158 cm³/mol. The fourth-order valence-electron chi connectivity index (χ4n) is 5.11. The summed E-state index contributed by atoms with van der Waals surface area (Å²) in [5, 5.41) is 26.1. The van der Waals surface area contributed by atoms with Gasteiger partial charge in [0.2, 0.25) is 5.91 Å². The van der Waals surface area contributed by atoms with Crippen molar-refractivity contribution >= 4 is 46.4 Å². The number of carbonyl (C=O) groups excluding carboxylic acids is 3. The van der Waals surface area contributed by atoms with E-state index in [-0.39, 0.29) is 24.2 Å². The monoisotopic (exact) mass is 585 g/mol. The molecule has 1 atom stereocenters. The summed E-state index contributed by atoms with van der Waals surface area (Å²) in [6, 6.07) is 16.6. The molecule has 2 aliphatic rings. The number of piperazine rings is 1. The van der Waals surface area contributed by atoms with E-state index in [0.717, 1.165) is 29.8 Å². The SMILES string of the molecule is N#Cc1ccc(C(=O)N2CCN(c3ccc(C(=O)NC(CC(=O)O)c4cccs4)cc3NC(=O)C3CCC3)CC2)cc1. The Kier molecular flexibility index (Phi) is 8.83. The van der Waals surface area contributed by atoms with Crippen LogP contribution in [-0.2, 0) is 9.59 Å². The van der Waals surface area contributed by atoms with Crippen LogP contribution in [0, 0.1) is 17.2 Å². The third kappa shape index (κ3) is 6.61. The number of nitrogens with one attached hydrogen (secondary N) is 2. The van der Waals surface area contributed by atoms with E-state index in [4.69, 9.17) is 5.26 Å². The summed E-state index contributed by atoms with van der Waals surface area (Å²) in [6.07, 6.45) is 2.42. The van der Waals surface area contributed by atoms with Crippen LogP contribution in [0.4, 0.5) is 11.4 Å². The highest BCUT2D eigenvalue weighted by Crippen LogP contribution is 2.33. The van der Waals surface area contributed by atoms with Crippen molar-refractivity contribution in [2.75, 3.05) is 36.4 Å². The van der Waals surface area contributed by atoms with Gasteiger partial charge < -0.3 is 25.5 Å². The number of nitrogens with zero attached hydrogens (tertiary/aromatic N) is 3. The molecule has 2 fully saturated rings. The summed E-state index contributed by atoms with van der Waals surface area (Å²) in [7, 11) is 0. The van der Waals surface area contributed by atoms with Gasteiger partial charge in [0.05, 0.1) is 35.5 Å². The maximum atomic E-state index is 13.3. The van der Waals surface area contributed by atoms with E-state index in [1.165, 1.54) is 11.3 Å². The molecule has 3 aromatic rings. The summed E-state index contributed by atoms with van der Waals surface area (Å²) in [5.41, 5.74) is 2.59. The number of thiophene rings is 1. The maximum Gasteiger partial charge on any atom is 0.305 e. The van der Waals surface area contributed by atoms with Crippen LogP contribution in [0.3, 0.4) is 0 Å². The minimum absolute atomic E-state index is 0.0593. The lowest BCUT2D eigenvalue weighted by Crippen LogP contribution is -2.49. The second kappa shape index (κ2) is 12.9. The number of amides is 3. The van der Waals surface area contributed by atoms with Gasteiger partial charge >= 0.3 is 5.97 Å². The predicted octanol–water partition coefficient (Wildman–Crippen LogP) is 4.27. The Bertz CT molecular complexity index is 1500. The Morgan fingerprint density at radius 2 is 1.71 bits per heavy atom. The molecule has 42 heavy (non-hydrogen) atoms. The minimum atomic E-state index is -1.02. The quantitative estimate of drug-likeness (QED) is 0.340. The molecule has 2 heterocycles. The Hall–Kier alpha value is -4.69. The van der Waals surface area contributed by atoms with E-state index in [1.54, 1.807) is 53.4 Å². The van der Waals surface area contributed by atoms with Gasteiger partial charge in [0.25, 0.3) is 11.8 Å². The number of hydrogen-bond donors (Lipinski definition) is 3. The number of aliphatic carboxylic acids is 1. The zero-order valence-corrected chi connectivity index (χ0v) is 23.7. The Balaban J connectivity index is 1.32. The molecule has 10 nitrogen and oxygen atoms in total. The van der Waals surface area contributed by atoms with Crippen LogP contribution in [-0.4, -0.2) is 59.9 Å². The molecule has 0 radical (unpaired) electrons. The molecule has 3 amide bonds. The van der Waals surface area contributed by atoms with E-state index < -0.39 is 17.9 Å². The van der Waals surface area contributed by atoms with Gasteiger partial charge in [-0.25, -0.2) is 0 Å². The van der Waals surface area contributed by atoms with Crippen LogP contribution < -0.4 is 15.5 Å². The minimum Gasteiger partial charge on any atom is -0.481 e. The van der Waals surface area contributed by atoms with Gasteiger partial charge in [0, 0.05) is 48.1 Å². The van der Waals surface area contributed by atoms with Gasteiger partial charge in [-0.2, -0.15) is 5.26 Å². The van der Waals surface area contributed by atoms with Crippen LogP contribution in [0.5, 0.6) is 0 Å². The van der Waals surface area contributed by atoms with Crippen LogP contribution in [0.1, 0.15) is 62.9 Å². The summed E-state index contributed by atoms with van der Waals surface area (Å²) in [4.78, 5) is 55.3. The summed E-state index contributed by atoms with van der Waals surface area (Å²) in [6.45, 7) is 1.99. The van der Waals surface area contributed by atoms with Crippen molar-refractivity contribution in [2.24, 2.45) is 5.92 Å². The highest BCUT2D eigenvalue weighted by atomic mass is 32.1. The fraction of sp³-hybridized carbons (Fsp3) is 0.323. The van der Waals surface area contributed by atoms with E-state index in [1.807, 2.05) is 11.4 Å². The first-order valence-corrected chi connectivity index (χ1v) is 14.8. The van der Waals surface area contributed by atoms with Gasteiger partial charge in [0.15, 0.2) is 0 Å². The molecule has 1 aliphatic heterocycles. The average Bonchev–Trinajstić information content (AvgIpc) is 3.51. The molecular weight excluding hydrogens is 554 g/mol. The van der Waals surface area contributed by atoms with Crippen molar-refractivity contribution in [3.63, 3.8) is 0 Å². The van der Waals surface area contributed by atoms with Crippen LogP contribution in [0.25, 0.3) is 0 Å². The molecule has 1 aliphatic carbocycles. The first kappa shape index (κ1) is 28.8. The molecule has 2 aromatic carbocycles. The average molecular weight is 586 g/mol. The largest absolute Gasteiger partial charge is 0.481 e. The zero-order valence-electron chi connectivity index (χ0n) is 22.9. The Labute approximate surface area is 247 Å². The lowest BCUT2D eigenvalue weighted by atomic mass is 9.85. The number of carboxylic acids is 1. The molecule has 216 valence electrons. The Morgan fingerprint density at radius 1 is 1.00 bits per heavy atom. The molecular formula is C31H31N5O5S. The van der Waals surface area contributed by atoms with E-state index in [0.29, 0.717) is 48.6 Å². The topological polar surface area (TPSA) is 143 Å². The third-order valence-electron chi connectivity index (χ3n) is 7.73. The molecule has 1 aromatic heterocycles. The molecule has 0 bridgehead atoms. The maximum absolute atomic E-state index is 13.3. The number of benzene rings is 2. The molecule has 3 N–H and O–H groups in total. The highest BCUT2D eigenvalue weighted by molar-refractivity contribution is 7.10. The van der Waals surface area contributed by atoms with Crippen molar-refractivity contribution in [3.05, 3.63) is 81.5 Å². The lowest BCUT2D eigenvalue weighted by molar-refractivity contribution is -0.137. The highest BCUT2D eigenvalue weighted by Gasteiger charge is 2.29. The smallest absolute Gasteiger partial charge is 0.305 e. The zero-order chi connectivity index (χ0) is 29.6. The second-order valence-corrected chi connectivity index (χ2v) is 11.4. The number of nitriles is 1. The molecule has 1 saturated heterocycles. The van der Waals surface area contributed by atoms with Gasteiger partial charge in [-0.1, -0.05) is 12.5 Å². The van der Waals surface area contributed by atoms with Crippen LogP contribution >= 0.6 is 11.3 Å². The summed E-state index contributed by atoms with van der Waals surface area (Å²) < 4.78 is 0. The number of carbonyl (C=O) groups is 4. The normalized spacial score (nSPS) is 15.7. The Morgan fingerprint density at radius 3 is 2.31 bits per heavy atom. The number of carboxylic acid groups (broad SMARTS) is 1. The van der Waals surface area contributed by atoms with Gasteiger partial charge in [-0.3, -0.25) is 19.2 Å². The van der Waals surface area contributed by atoms with Gasteiger partial charge in [-0.15, -0.1) is 11.3 Å². The second-order valence-electron chi connectivity index (χ2n) is 10.5. The van der Waals surface area contributed by atoms with Crippen LogP contribution in [0.2, 0.25) is 0 Å². The molecule has 1 saturated carbocycles. The van der Waals surface area contributed by atoms with Crippen LogP contribution in [0.15, 0.2) is 60.0 Å². The first-order chi connectivity index (χ1) is 20.3.